The second-order valence-electron chi connectivity index (χ2n) is 5.75. The molecule has 5 nitrogen and oxygen atoms in total. The fraction of sp³-hybridized carbons (Fsp3) is 0.333. The Labute approximate surface area is 144 Å². The van der Waals surface area contributed by atoms with Crippen molar-refractivity contribution < 1.29 is 18.3 Å². The molecule has 0 atom stereocenters. The minimum atomic E-state index is -2.59. The van der Waals surface area contributed by atoms with Crippen LogP contribution in [0.25, 0.3) is 0 Å². The molecule has 1 aromatic carbocycles. The van der Waals surface area contributed by atoms with Crippen molar-refractivity contribution in [2.45, 2.75) is 19.3 Å². The number of nitrogens with zero attached hydrogens (tertiary/aromatic N) is 2. The highest BCUT2D eigenvalue weighted by molar-refractivity contribution is 6.06. The van der Waals surface area contributed by atoms with Gasteiger partial charge in [-0.05, 0) is 31.0 Å². The van der Waals surface area contributed by atoms with Crippen molar-refractivity contribution in [2.24, 2.45) is 0 Å². The van der Waals surface area contributed by atoms with Gasteiger partial charge in [-0.2, -0.15) is 0 Å². The molecule has 0 aliphatic carbocycles. The summed E-state index contributed by atoms with van der Waals surface area (Å²) >= 11 is 0. The smallest absolute Gasteiger partial charge is 0.272 e. The zero-order valence-corrected chi connectivity index (χ0v) is 13.6. The maximum atomic E-state index is 12.5. The van der Waals surface area contributed by atoms with Crippen molar-refractivity contribution in [3.05, 3.63) is 48.2 Å². The Hall–Kier alpha value is -2.70. The van der Waals surface area contributed by atoms with Gasteiger partial charge in [-0.3, -0.25) is 4.79 Å². The molecule has 3 rings (SSSR count). The van der Waals surface area contributed by atoms with Gasteiger partial charge in [-0.1, -0.05) is 12.1 Å². The van der Waals surface area contributed by atoms with Gasteiger partial charge in [0.25, 0.3) is 12.3 Å². The lowest BCUT2D eigenvalue weighted by atomic mass is 10.2. The molecule has 0 spiro atoms. The van der Waals surface area contributed by atoms with E-state index in [4.69, 9.17) is 4.74 Å². The second kappa shape index (κ2) is 7.92. The predicted octanol–water partition coefficient (Wildman–Crippen LogP) is 3.58. The van der Waals surface area contributed by atoms with Gasteiger partial charge in [0, 0.05) is 30.9 Å². The average molecular weight is 347 g/mol. The van der Waals surface area contributed by atoms with Gasteiger partial charge in [0.05, 0.1) is 11.4 Å². The lowest BCUT2D eigenvalue weighted by Gasteiger charge is -2.21. The molecule has 0 bridgehead atoms. The van der Waals surface area contributed by atoms with E-state index >= 15 is 0 Å². The van der Waals surface area contributed by atoms with E-state index in [1.807, 2.05) is 24.3 Å². The third kappa shape index (κ3) is 4.43. The molecule has 0 saturated carbocycles. The summed E-state index contributed by atoms with van der Waals surface area (Å²) in [6.07, 6.45) is 1.04. The molecule has 132 valence electrons. The van der Waals surface area contributed by atoms with E-state index in [9.17, 15) is 13.6 Å². The van der Waals surface area contributed by atoms with Crippen LogP contribution in [0.5, 0.6) is 5.88 Å². The number of hydrogen-bond acceptors (Lipinski definition) is 4. The number of para-hydroxylation sites is 2. The Morgan fingerprint density at radius 2 is 2.00 bits per heavy atom. The number of anilines is 2. The minimum Gasteiger partial charge on any atom is -0.472 e. The summed E-state index contributed by atoms with van der Waals surface area (Å²) in [6.45, 7) is 1.18. The largest absolute Gasteiger partial charge is 0.472 e. The van der Waals surface area contributed by atoms with Crippen LogP contribution in [0, 0.1) is 0 Å². The summed E-state index contributed by atoms with van der Waals surface area (Å²) in [5.74, 6) is -0.336. The number of ether oxygens (including phenoxy) is 1. The Balaban J connectivity index is 1.73. The zero-order valence-electron chi connectivity index (χ0n) is 13.6. The number of nitrogens with one attached hydrogen (secondary N) is 1. The first-order chi connectivity index (χ1) is 12.1. The molecule has 1 fully saturated rings. The first kappa shape index (κ1) is 17.1. The van der Waals surface area contributed by atoms with E-state index in [-0.39, 0.29) is 11.8 Å². The van der Waals surface area contributed by atoms with Crippen LogP contribution in [0.15, 0.2) is 42.6 Å². The van der Waals surface area contributed by atoms with Crippen molar-refractivity contribution in [1.82, 2.24) is 4.98 Å². The minimum absolute atomic E-state index is 0.000720. The summed E-state index contributed by atoms with van der Waals surface area (Å²) in [5.41, 5.74) is 2.01. The number of halogens is 2. The first-order valence-corrected chi connectivity index (χ1v) is 8.16. The number of carbonyl (C=O) groups excluding carboxylic acids is 1. The zero-order chi connectivity index (χ0) is 17.6. The molecule has 1 aliphatic rings. The van der Waals surface area contributed by atoms with E-state index < -0.39 is 13.0 Å². The predicted molar refractivity (Wildman–Crippen MR) is 91.6 cm³/mol. The van der Waals surface area contributed by atoms with Crippen LogP contribution in [-0.2, 0) is 0 Å². The summed E-state index contributed by atoms with van der Waals surface area (Å²) in [6, 6.07) is 10.5. The second-order valence-corrected chi connectivity index (χ2v) is 5.75. The third-order valence-electron chi connectivity index (χ3n) is 3.95. The highest BCUT2D eigenvalue weighted by atomic mass is 19.3. The molecular formula is C18H19F2N3O2. The monoisotopic (exact) mass is 347 g/mol. The van der Waals surface area contributed by atoms with Gasteiger partial charge in [-0.25, -0.2) is 13.8 Å². The molecule has 1 aliphatic heterocycles. The van der Waals surface area contributed by atoms with Crippen molar-refractivity contribution in [2.75, 3.05) is 29.9 Å². The van der Waals surface area contributed by atoms with Crippen molar-refractivity contribution in [3.8, 4) is 5.88 Å². The number of amides is 1. The normalized spacial score (nSPS) is 14.0. The van der Waals surface area contributed by atoms with Crippen LogP contribution < -0.4 is 15.0 Å². The van der Waals surface area contributed by atoms with E-state index in [1.54, 1.807) is 0 Å². The fourth-order valence-electron chi connectivity index (χ4n) is 2.79. The van der Waals surface area contributed by atoms with Crippen LogP contribution in [0.4, 0.5) is 20.2 Å². The summed E-state index contributed by atoms with van der Waals surface area (Å²) in [5, 5.41) is 2.88. The number of carbonyl (C=O) groups is 1. The maximum Gasteiger partial charge on any atom is 0.272 e. The molecular weight excluding hydrogens is 328 g/mol. The molecule has 2 aromatic rings. The van der Waals surface area contributed by atoms with Crippen LogP contribution in [0.3, 0.4) is 0 Å². The highest BCUT2D eigenvalue weighted by Gasteiger charge is 2.17. The number of rotatable bonds is 6. The standard InChI is InChI=1S/C18H19F2N3O2/c19-16(20)12-25-17-11-13(7-8-21-17)18(24)22-14-5-1-2-6-15(14)23-9-3-4-10-23/h1-2,5-8,11,16H,3-4,9-10,12H2,(H,22,24). The van der Waals surface area contributed by atoms with Crippen molar-refractivity contribution >= 4 is 17.3 Å². The van der Waals surface area contributed by atoms with Gasteiger partial charge in [0.1, 0.15) is 0 Å². The van der Waals surface area contributed by atoms with Crippen LogP contribution in [0.2, 0.25) is 0 Å². The molecule has 1 N–H and O–H groups in total. The number of alkyl halides is 2. The van der Waals surface area contributed by atoms with E-state index in [2.05, 4.69) is 15.2 Å². The molecule has 0 unspecified atom stereocenters. The molecule has 0 radical (unpaired) electrons. The van der Waals surface area contributed by atoms with Crippen LogP contribution in [0.1, 0.15) is 23.2 Å². The topological polar surface area (TPSA) is 54.5 Å². The number of benzene rings is 1. The number of aromatic nitrogens is 1. The van der Waals surface area contributed by atoms with Gasteiger partial charge >= 0.3 is 0 Å². The van der Waals surface area contributed by atoms with E-state index in [0.717, 1.165) is 37.3 Å². The molecule has 2 heterocycles. The molecule has 1 saturated heterocycles. The Bertz CT molecular complexity index is 734. The van der Waals surface area contributed by atoms with Crippen molar-refractivity contribution in [1.29, 1.82) is 0 Å². The van der Waals surface area contributed by atoms with Crippen LogP contribution >= 0.6 is 0 Å². The summed E-state index contributed by atoms with van der Waals surface area (Å²) in [7, 11) is 0. The lowest BCUT2D eigenvalue weighted by Crippen LogP contribution is -2.21. The molecule has 1 amide bonds. The summed E-state index contributed by atoms with van der Waals surface area (Å²) in [4.78, 5) is 18.6. The van der Waals surface area contributed by atoms with Gasteiger partial charge in [0.15, 0.2) is 6.61 Å². The van der Waals surface area contributed by atoms with Gasteiger partial charge < -0.3 is 15.0 Å². The van der Waals surface area contributed by atoms with E-state index in [0.29, 0.717) is 5.56 Å². The lowest BCUT2D eigenvalue weighted by molar-refractivity contribution is 0.0795. The highest BCUT2D eigenvalue weighted by Crippen LogP contribution is 2.29. The van der Waals surface area contributed by atoms with Gasteiger partial charge in [-0.15, -0.1) is 0 Å². The molecule has 1 aromatic heterocycles. The Morgan fingerprint density at radius 3 is 2.76 bits per heavy atom. The Kier molecular flexibility index (Phi) is 5.42. The molecule has 25 heavy (non-hydrogen) atoms. The molecule has 7 heteroatoms. The SMILES string of the molecule is O=C(Nc1ccccc1N1CCCC1)c1ccnc(OCC(F)F)c1. The van der Waals surface area contributed by atoms with Crippen LogP contribution in [-0.4, -0.2) is 37.0 Å². The maximum absolute atomic E-state index is 12.5. The third-order valence-corrected chi connectivity index (χ3v) is 3.95. The van der Waals surface area contributed by atoms with Gasteiger partial charge in [0.2, 0.25) is 5.88 Å². The first-order valence-electron chi connectivity index (χ1n) is 8.16. The summed E-state index contributed by atoms with van der Waals surface area (Å²) < 4.78 is 29.3. The Morgan fingerprint density at radius 1 is 1.24 bits per heavy atom. The quantitative estimate of drug-likeness (QED) is 0.868. The number of pyridine rings is 1. The van der Waals surface area contributed by atoms with Crippen molar-refractivity contribution in [3.63, 3.8) is 0 Å². The fourth-order valence-corrected chi connectivity index (χ4v) is 2.79. The van der Waals surface area contributed by atoms with E-state index in [1.165, 1.54) is 18.3 Å². The average Bonchev–Trinajstić information content (AvgIpc) is 3.15. The number of hydrogen-bond donors (Lipinski definition) is 1.